The van der Waals surface area contributed by atoms with Gasteiger partial charge in [0.15, 0.2) is 34.5 Å². The lowest BCUT2D eigenvalue weighted by Crippen LogP contribution is -2.62. The first-order chi connectivity index (χ1) is 25.1. The summed E-state index contributed by atoms with van der Waals surface area (Å²) in [5, 5.41) is 12.5. The Morgan fingerprint density at radius 3 is 2.29 bits per heavy atom. The number of carboxylic acid groups (broad SMARTS) is 1. The van der Waals surface area contributed by atoms with Crippen molar-refractivity contribution in [3.8, 4) is 46.0 Å². The van der Waals surface area contributed by atoms with Gasteiger partial charge in [0.1, 0.15) is 17.8 Å². The Morgan fingerprint density at radius 2 is 1.60 bits per heavy atom. The third-order valence-electron chi connectivity index (χ3n) is 11.4. The lowest BCUT2D eigenvalue weighted by Gasteiger charge is -2.50. The van der Waals surface area contributed by atoms with Crippen molar-refractivity contribution in [2.24, 2.45) is 0 Å². The highest BCUT2D eigenvalue weighted by Crippen LogP contribution is 2.52. The van der Waals surface area contributed by atoms with Crippen LogP contribution >= 0.6 is 0 Å². The van der Waals surface area contributed by atoms with Crippen LogP contribution in [-0.2, 0) is 30.5 Å². The molecule has 0 spiro atoms. The van der Waals surface area contributed by atoms with E-state index in [4.69, 9.17) is 28.4 Å². The number of nitrogens with zero attached hydrogens (tertiary/aromatic N) is 2. The van der Waals surface area contributed by atoms with Crippen molar-refractivity contribution in [3.05, 3.63) is 94.0 Å². The van der Waals surface area contributed by atoms with E-state index < -0.39 is 18.9 Å². The topological polar surface area (TPSA) is 98.8 Å². The van der Waals surface area contributed by atoms with Crippen molar-refractivity contribution >= 4 is 5.97 Å². The molecule has 8 rings (SSSR count). The van der Waals surface area contributed by atoms with Gasteiger partial charge >= 0.3 is 0 Å². The fraction of sp³-hybridized carbons (Fsp3) is 0.390. The van der Waals surface area contributed by atoms with Gasteiger partial charge in [-0.3, -0.25) is 4.90 Å². The summed E-state index contributed by atoms with van der Waals surface area (Å²) in [6.07, 6.45) is 2.43. The minimum atomic E-state index is -1.11. The molecule has 10 nitrogen and oxygen atoms in total. The highest BCUT2D eigenvalue weighted by molar-refractivity contribution is 5.69. The number of aliphatic carboxylic acids is 1. The van der Waals surface area contributed by atoms with Crippen molar-refractivity contribution < 1.29 is 47.2 Å². The zero-order chi connectivity index (χ0) is 36.7. The van der Waals surface area contributed by atoms with Crippen LogP contribution in [0.2, 0.25) is 0 Å². The predicted molar refractivity (Wildman–Crippen MR) is 191 cm³/mol. The van der Waals surface area contributed by atoms with E-state index in [0.29, 0.717) is 72.5 Å². The average molecular weight is 713 g/mol. The number of methoxy groups -OCH3 is 3. The number of carboxylic acids is 1. The number of fused-ring (bicyclic) bond motifs is 2. The lowest BCUT2D eigenvalue weighted by molar-refractivity contribution is -0.956. The SMILES string of the molecule is COc1ccc2cc1Oc1ccc(cc1)CC1c3cc(c(OC)cc3CC[N+]1(C)C(C)C(=O)[O-])Oc1c(OCF)c(OC)cc3c1C(C2)N(C)CC3. The number of carbonyl (C=O) groups excluding carboxylic acids is 1. The minimum absolute atomic E-state index is 0.152. The first-order valence-electron chi connectivity index (χ1n) is 17.6. The van der Waals surface area contributed by atoms with E-state index in [2.05, 4.69) is 11.9 Å². The number of ether oxygens (including phenoxy) is 6. The number of rotatable bonds is 7. The molecule has 6 bridgehead atoms. The zero-order valence-electron chi connectivity index (χ0n) is 30.5. The summed E-state index contributed by atoms with van der Waals surface area (Å²) in [7, 11) is 8.77. The normalized spacial score (nSPS) is 21.4. The second-order valence-corrected chi connectivity index (χ2v) is 14.1. The molecule has 4 heterocycles. The quantitative estimate of drug-likeness (QED) is 0.210. The fourth-order valence-corrected chi connectivity index (χ4v) is 8.18. The van der Waals surface area contributed by atoms with E-state index in [-0.39, 0.29) is 22.3 Å². The maximum atomic E-state index is 14.2. The number of carbonyl (C=O) groups is 1. The molecule has 0 amide bonds. The smallest absolute Gasteiger partial charge is 0.229 e. The summed E-state index contributed by atoms with van der Waals surface area (Å²) in [5.41, 5.74) is 5.85. The van der Waals surface area contributed by atoms with Gasteiger partial charge in [-0.15, -0.1) is 0 Å². The number of benzene rings is 4. The number of alkyl halides is 1. The van der Waals surface area contributed by atoms with Crippen LogP contribution in [0.1, 0.15) is 52.4 Å². The van der Waals surface area contributed by atoms with Gasteiger partial charge in [-0.2, -0.15) is 0 Å². The maximum Gasteiger partial charge on any atom is 0.229 e. The van der Waals surface area contributed by atoms with Crippen LogP contribution in [0.5, 0.6) is 46.0 Å². The number of quaternary nitrogens is 1. The van der Waals surface area contributed by atoms with Gasteiger partial charge in [0.2, 0.25) is 12.6 Å². The molecule has 4 aliphatic heterocycles. The van der Waals surface area contributed by atoms with E-state index in [1.807, 2.05) is 67.7 Å². The largest absolute Gasteiger partial charge is 0.544 e. The summed E-state index contributed by atoms with van der Waals surface area (Å²) < 4.78 is 50.9. The molecular weight excluding hydrogens is 667 g/mol. The number of halogens is 1. The Hall–Kier alpha value is -5.00. The second kappa shape index (κ2) is 14.2. The first kappa shape index (κ1) is 35.4. The van der Waals surface area contributed by atoms with Gasteiger partial charge in [0.05, 0.1) is 40.9 Å². The molecule has 4 aliphatic rings. The van der Waals surface area contributed by atoms with Crippen LogP contribution in [-0.4, -0.2) is 76.8 Å². The number of likely N-dealkylation sites (N-methyl/N-ethyl adjacent to an activating group) is 2. The molecule has 52 heavy (non-hydrogen) atoms. The van der Waals surface area contributed by atoms with Crippen LogP contribution in [0.25, 0.3) is 0 Å². The first-order valence-corrected chi connectivity index (χ1v) is 17.6. The van der Waals surface area contributed by atoms with Gasteiger partial charge in [-0.25, -0.2) is 4.39 Å². The predicted octanol–water partition coefficient (Wildman–Crippen LogP) is 6.11. The van der Waals surface area contributed by atoms with Gasteiger partial charge < -0.3 is 42.8 Å². The molecule has 0 radical (unpaired) electrons. The van der Waals surface area contributed by atoms with Crippen LogP contribution in [0.15, 0.2) is 60.7 Å². The van der Waals surface area contributed by atoms with Crippen molar-refractivity contribution in [1.29, 1.82) is 0 Å². The van der Waals surface area contributed by atoms with E-state index in [0.717, 1.165) is 39.9 Å². The molecule has 4 aromatic carbocycles. The third kappa shape index (κ3) is 6.26. The van der Waals surface area contributed by atoms with Crippen molar-refractivity contribution in [2.45, 2.75) is 50.7 Å². The number of hydrogen-bond acceptors (Lipinski definition) is 9. The molecule has 0 saturated carbocycles. The molecule has 4 unspecified atom stereocenters. The van der Waals surface area contributed by atoms with E-state index in [1.165, 1.54) is 7.11 Å². The molecule has 4 atom stereocenters. The fourth-order valence-electron chi connectivity index (χ4n) is 8.18. The Labute approximate surface area is 303 Å². The summed E-state index contributed by atoms with van der Waals surface area (Å²) in [6.45, 7) is 1.97. The van der Waals surface area contributed by atoms with Crippen LogP contribution in [0.3, 0.4) is 0 Å². The van der Waals surface area contributed by atoms with E-state index in [1.54, 1.807) is 21.1 Å². The standard InChI is InChI=1S/C41H45FN2O8/c1-24(41(45)46)44(3)16-14-27-20-34(48-5)36-22-30(27)32(44)18-25-7-10-29(11-8-25)51-35-19-26(9-12-33(35)47-4)17-31-38-28(13-15-43(31)2)21-37(49-6)39(50-23-42)40(38)52-36/h7-12,19-22,24,31-32H,13-18,23H2,1-6H3. The monoisotopic (exact) mass is 712 g/mol. The van der Waals surface area contributed by atoms with Gasteiger partial charge in [-0.05, 0) is 91.5 Å². The van der Waals surface area contributed by atoms with Crippen LogP contribution in [0.4, 0.5) is 4.39 Å². The Bertz CT molecular complexity index is 1990. The van der Waals surface area contributed by atoms with Crippen molar-refractivity contribution in [3.63, 3.8) is 0 Å². The van der Waals surface area contributed by atoms with E-state index in [9.17, 15) is 14.3 Å². The number of hydrogen-bond donors (Lipinski definition) is 0. The molecule has 274 valence electrons. The molecule has 0 saturated heterocycles. The van der Waals surface area contributed by atoms with Crippen molar-refractivity contribution in [2.75, 3.05) is 55.4 Å². The summed E-state index contributed by atoms with van der Waals surface area (Å²) in [4.78, 5) is 14.7. The molecule has 0 fully saturated rings. The van der Waals surface area contributed by atoms with Crippen LogP contribution in [0, 0.1) is 0 Å². The minimum Gasteiger partial charge on any atom is -0.544 e. The van der Waals surface area contributed by atoms with Gasteiger partial charge in [0, 0.05) is 36.6 Å². The summed E-state index contributed by atoms with van der Waals surface area (Å²) in [6, 6.07) is 18.4. The van der Waals surface area contributed by atoms with Crippen LogP contribution < -0.4 is 33.5 Å². The molecule has 0 aromatic heterocycles. The van der Waals surface area contributed by atoms with Gasteiger partial charge in [0.25, 0.3) is 0 Å². The molecular formula is C41H45FN2O8. The third-order valence-corrected chi connectivity index (χ3v) is 11.4. The highest BCUT2D eigenvalue weighted by atomic mass is 19.1. The lowest BCUT2D eigenvalue weighted by atomic mass is 9.85. The molecule has 4 aromatic rings. The van der Waals surface area contributed by atoms with Crippen molar-refractivity contribution in [1.82, 2.24) is 4.90 Å². The molecule has 0 aliphatic carbocycles. The van der Waals surface area contributed by atoms with E-state index >= 15 is 0 Å². The Kier molecular flexibility index (Phi) is 9.67. The molecule has 0 N–H and O–H groups in total. The Morgan fingerprint density at radius 1 is 0.904 bits per heavy atom. The Balaban J connectivity index is 1.50. The highest BCUT2D eigenvalue weighted by Gasteiger charge is 2.44. The molecule has 11 heteroatoms. The summed E-state index contributed by atoms with van der Waals surface area (Å²) >= 11 is 0. The zero-order valence-corrected chi connectivity index (χ0v) is 30.5. The van der Waals surface area contributed by atoms with Gasteiger partial charge in [-0.1, -0.05) is 18.2 Å². The average Bonchev–Trinajstić information content (AvgIpc) is 3.14. The second-order valence-electron chi connectivity index (χ2n) is 14.1. The summed E-state index contributed by atoms with van der Waals surface area (Å²) in [5.74, 6) is 2.47. The maximum absolute atomic E-state index is 14.2.